The van der Waals surface area contributed by atoms with Crippen molar-refractivity contribution < 1.29 is 4.79 Å². The molecule has 4 aromatic rings. The van der Waals surface area contributed by atoms with Crippen molar-refractivity contribution in [3.8, 4) is 11.4 Å². The average Bonchev–Trinajstić information content (AvgIpc) is 2.73. The van der Waals surface area contributed by atoms with E-state index in [4.69, 9.17) is 0 Å². The Kier molecular flexibility index (Phi) is 5.26. The van der Waals surface area contributed by atoms with Crippen LogP contribution in [0.15, 0.2) is 69.9 Å². The molecule has 0 unspecified atom stereocenters. The summed E-state index contributed by atoms with van der Waals surface area (Å²) in [6, 6.07) is 18.4. The molecule has 1 N–H and O–H groups in total. The van der Waals surface area contributed by atoms with E-state index < -0.39 is 0 Å². The summed E-state index contributed by atoms with van der Waals surface area (Å²) in [5.41, 5.74) is 7.26. The molecule has 0 spiro atoms. The molecule has 1 aromatic heterocycles. The van der Waals surface area contributed by atoms with E-state index in [9.17, 15) is 9.59 Å². The van der Waals surface area contributed by atoms with Gasteiger partial charge in [0.1, 0.15) is 0 Å². The van der Waals surface area contributed by atoms with Gasteiger partial charge in [0.15, 0.2) is 5.82 Å². The van der Waals surface area contributed by atoms with E-state index in [1.54, 1.807) is 18.2 Å². The smallest absolute Gasteiger partial charge is 0.267 e. The molecule has 6 heteroatoms. The van der Waals surface area contributed by atoms with Crippen molar-refractivity contribution in [1.82, 2.24) is 9.66 Å². The van der Waals surface area contributed by atoms with Gasteiger partial charge in [-0.05, 0) is 67.8 Å². The second kappa shape index (κ2) is 7.88. The predicted molar refractivity (Wildman–Crippen MR) is 123 cm³/mol. The molecule has 0 aliphatic heterocycles. The maximum absolute atomic E-state index is 13.3. The van der Waals surface area contributed by atoms with Gasteiger partial charge in [-0.1, -0.05) is 46.3 Å². The van der Waals surface area contributed by atoms with Crippen LogP contribution < -0.4 is 11.0 Å². The molecule has 0 bridgehead atoms. The molecule has 0 atom stereocenters. The highest BCUT2D eigenvalue weighted by atomic mass is 79.9. The standard InChI is InChI=1S/C24H20BrN3O2/c1-14-12-16(3)20(13-15(14)2)23(29)27-28-22(17-8-10-18(25)11-9-17)26-21-7-5-4-6-19(21)24(28)30/h4-13H,1-3H3,(H,27,29). The van der Waals surface area contributed by atoms with Crippen LogP contribution in [0.1, 0.15) is 27.0 Å². The van der Waals surface area contributed by atoms with Crippen LogP contribution in [0.25, 0.3) is 22.3 Å². The van der Waals surface area contributed by atoms with Crippen molar-refractivity contribution >= 4 is 32.7 Å². The van der Waals surface area contributed by atoms with E-state index in [1.807, 2.05) is 63.2 Å². The van der Waals surface area contributed by atoms with Gasteiger partial charge >= 0.3 is 0 Å². The number of rotatable bonds is 3. The molecule has 3 aromatic carbocycles. The number of amides is 1. The Hall–Kier alpha value is -3.25. The van der Waals surface area contributed by atoms with E-state index >= 15 is 0 Å². The summed E-state index contributed by atoms with van der Waals surface area (Å²) < 4.78 is 2.15. The van der Waals surface area contributed by atoms with Gasteiger partial charge in [-0.15, -0.1) is 0 Å². The van der Waals surface area contributed by atoms with Crippen LogP contribution in [0.3, 0.4) is 0 Å². The number of carbonyl (C=O) groups excluding carboxylic acids is 1. The zero-order valence-corrected chi connectivity index (χ0v) is 18.4. The lowest BCUT2D eigenvalue weighted by Gasteiger charge is -2.16. The lowest BCUT2D eigenvalue weighted by Crippen LogP contribution is -2.35. The molecular formula is C24H20BrN3O2. The van der Waals surface area contributed by atoms with Gasteiger partial charge in [-0.2, -0.15) is 4.68 Å². The zero-order valence-electron chi connectivity index (χ0n) is 16.9. The zero-order chi connectivity index (χ0) is 21.4. The molecule has 1 amide bonds. The van der Waals surface area contributed by atoms with E-state index in [-0.39, 0.29) is 11.5 Å². The monoisotopic (exact) mass is 461 g/mol. The maximum atomic E-state index is 13.3. The van der Waals surface area contributed by atoms with Crippen molar-refractivity contribution in [2.75, 3.05) is 5.43 Å². The van der Waals surface area contributed by atoms with Crippen molar-refractivity contribution in [3.05, 3.63) is 97.7 Å². The quantitative estimate of drug-likeness (QED) is 0.459. The van der Waals surface area contributed by atoms with Crippen LogP contribution >= 0.6 is 15.9 Å². The number of hydrogen-bond acceptors (Lipinski definition) is 3. The summed E-state index contributed by atoms with van der Waals surface area (Å²) >= 11 is 3.42. The summed E-state index contributed by atoms with van der Waals surface area (Å²) in [6.45, 7) is 5.86. The van der Waals surface area contributed by atoms with E-state index in [0.29, 0.717) is 22.3 Å². The van der Waals surface area contributed by atoms with Crippen molar-refractivity contribution in [2.45, 2.75) is 20.8 Å². The Morgan fingerprint density at radius 3 is 2.33 bits per heavy atom. The van der Waals surface area contributed by atoms with Crippen LogP contribution in [-0.2, 0) is 0 Å². The maximum Gasteiger partial charge on any atom is 0.280 e. The normalized spacial score (nSPS) is 10.9. The van der Waals surface area contributed by atoms with Crippen LogP contribution in [-0.4, -0.2) is 15.6 Å². The number of nitrogens with zero attached hydrogens (tertiary/aromatic N) is 2. The number of halogens is 1. The number of aromatic nitrogens is 2. The second-order valence-electron chi connectivity index (χ2n) is 7.29. The minimum atomic E-state index is -0.354. The first-order chi connectivity index (χ1) is 14.3. The minimum absolute atomic E-state index is 0.326. The largest absolute Gasteiger partial charge is 0.280 e. The average molecular weight is 462 g/mol. The SMILES string of the molecule is Cc1cc(C)c(C(=O)Nn2c(-c3ccc(Br)cc3)nc3ccccc3c2=O)cc1C. The fourth-order valence-electron chi connectivity index (χ4n) is 3.40. The van der Waals surface area contributed by atoms with E-state index in [2.05, 4.69) is 26.3 Å². The minimum Gasteiger partial charge on any atom is -0.267 e. The Labute approximate surface area is 182 Å². The van der Waals surface area contributed by atoms with Crippen molar-refractivity contribution in [1.29, 1.82) is 0 Å². The van der Waals surface area contributed by atoms with E-state index in [1.165, 1.54) is 4.68 Å². The van der Waals surface area contributed by atoms with Gasteiger partial charge in [0.2, 0.25) is 0 Å². The van der Waals surface area contributed by atoms with Gasteiger partial charge in [0.05, 0.1) is 10.9 Å². The Balaban J connectivity index is 1.89. The van der Waals surface area contributed by atoms with Gasteiger partial charge in [-0.3, -0.25) is 15.0 Å². The predicted octanol–water partition coefficient (Wildman–Crippen LogP) is 5.14. The molecule has 150 valence electrons. The molecule has 5 nitrogen and oxygen atoms in total. The number of para-hydroxylation sites is 1. The van der Waals surface area contributed by atoms with Crippen LogP contribution in [0, 0.1) is 20.8 Å². The van der Waals surface area contributed by atoms with Gasteiger partial charge in [0.25, 0.3) is 11.5 Å². The van der Waals surface area contributed by atoms with Crippen molar-refractivity contribution in [2.24, 2.45) is 0 Å². The van der Waals surface area contributed by atoms with Crippen molar-refractivity contribution in [3.63, 3.8) is 0 Å². The number of fused-ring (bicyclic) bond motifs is 1. The molecule has 1 heterocycles. The topological polar surface area (TPSA) is 64.0 Å². The highest BCUT2D eigenvalue weighted by Crippen LogP contribution is 2.21. The number of carbonyl (C=O) groups is 1. The fraction of sp³-hybridized carbons (Fsp3) is 0.125. The molecule has 0 fully saturated rings. The summed E-state index contributed by atoms with van der Waals surface area (Å²) in [6.07, 6.45) is 0. The molecule has 4 rings (SSSR count). The van der Waals surface area contributed by atoms with E-state index in [0.717, 1.165) is 26.7 Å². The molecule has 0 aliphatic rings. The summed E-state index contributed by atoms with van der Waals surface area (Å²) in [5.74, 6) is 0.0224. The summed E-state index contributed by atoms with van der Waals surface area (Å²) in [4.78, 5) is 31.0. The molecule has 0 saturated heterocycles. The van der Waals surface area contributed by atoms with Crippen LogP contribution in [0.4, 0.5) is 0 Å². The van der Waals surface area contributed by atoms with Gasteiger partial charge in [0, 0.05) is 15.6 Å². The fourth-order valence-corrected chi connectivity index (χ4v) is 3.66. The molecule has 0 aliphatic carbocycles. The van der Waals surface area contributed by atoms with Gasteiger partial charge in [-0.25, -0.2) is 4.98 Å². The van der Waals surface area contributed by atoms with Crippen LogP contribution in [0.2, 0.25) is 0 Å². The molecule has 0 radical (unpaired) electrons. The first-order valence-corrected chi connectivity index (χ1v) is 10.3. The third-order valence-electron chi connectivity index (χ3n) is 5.18. The lowest BCUT2D eigenvalue weighted by molar-refractivity contribution is 0.101. The Bertz CT molecular complexity index is 1340. The number of hydrogen-bond donors (Lipinski definition) is 1. The Morgan fingerprint density at radius 1 is 0.933 bits per heavy atom. The molecular weight excluding hydrogens is 442 g/mol. The third-order valence-corrected chi connectivity index (χ3v) is 5.71. The number of nitrogens with one attached hydrogen (secondary N) is 1. The number of aryl methyl sites for hydroxylation is 3. The van der Waals surface area contributed by atoms with Gasteiger partial charge < -0.3 is 0 Å². The summed E-state index contributed by atoms with van der Waals surface area (Å²) in [7, 11) is 0. The summed E-state index contributed by atoms with van der Waals surface area (Å²) in [5, 5.41) is 0.440. The highest BCUT2D eigenvalue weighted by molar-refractivity contribution is 9.10. The van der Waals surface area contributed by atoms with Crippen LogP contribution in [0.5, 0.6) is 0 Å². The number of benzene rings is 3. The molecule has 0 saturated carbocycles. The second-order valence-corrected chi connectivity index (χ2v) is 8.21. The highest BCUT2D eigenvalue weighted by Gasteiger charge is 2.17. The lowest BCUT2D eigenvalue weighted by atomic mass is 10.0. The molecule has 30 heavy (non-hydrogen) atoms. The first kappa shape index (κ1) is 20.0. The third kappa shape index (κ3) is 3.66. The first-order valence-electron chi connectivity index (χ1n) is 9.52. The Morgan fingerprint density at radius 2 is 1.60 bits per heavy atom.